The van der Waals surface area contributed by atoms with Crippen LogP contribution >= 0.6 is 0 Å². The Hall–Kier alpha value is -0.120. The molecule has 1 aliphatic rings. The molecule has 0 amide bonds. The lowest BCUT2D eigenvalue weighted by molar-refractivity contribution is 0.0170. The lowest BCUT2D eigenvalue weighted by atomic mass is 9.81. The highest BCUT2D eigenvalue weighted by molar-refractivity contribution is 4.92. The first kappa shape index (κ1) is 12.9. The van der Waals surface area contributed by atoms with Crippen LogP contribution in [0.3, 0.4) is 0 Å². The molecule has 1 saturated carbocycles. The van der Waals surface area contributed by atoms with Crippen LogP contribution in [-0.4, -0.2) is 31.0 Å². The zero-order valence-corrected chi connectivity index (χ0v) is 10.0. The Bertz CT molecular complexity index is 184. The first-order chi connectivity index (χ1) is 7.10. The van der Waals surface area contributed by atoms with E-state index in [-0.39, 0.29) is 11.5 Å². The molecule has 3 N–H and O–H groups in total. The summed E-state index contributed by atoms with van der Waals surface area (Å²) >= 11 is 0. The average Bonchev–Trinajstić information content (AvgIpc) is 2.55. The van der Waals surface area contributed by atoms with Crippen LogP contribution in [-0.2, 0) is 4.74 Å². The summed E-state index contributed by atoms with van der Waals surface area (Å²) in [6.45, 7) is 6.40. The fraction of sp³-hybridized carbons (Fsp3) is 1.00. The number of aliphatic hydroxyl groups excluding tert-OH is 1. The Morgan fingerprint density at radius 2 is 2.27 bits per heavy atom. The van der Waals surface area contributed by atoms with Gasteiger partial charge in [0.25, 0.3) is 0 Å². The first-order valence-electron chi connectivity index (χ1n) is 6.06. The molecule has 1 rings (SSSR count). The lowest BCUT2D eigenvalue weighted by Gasteiger charge is -2.31. The molecule has 0 spiro atoms. The smallest absolute Gasteiger partial charge is 0.0609 e. The summed E-state index contributed by atoms with van der Waals surface area (Å²) in [6, 6.07) is 0. The van der Waals surface area contributed by atoms with E-state index >= 15 is 0 Å². The fourth-order valence-electron chi connectivity index (χ4n) is 2.35. The number of hydrogen-bond donors (Lipinski definition) is 2. The molecule has 3 nitrogen and oxygen atoms in total. The van der Waals surface area contributed by atoms with Crippen molar-refractivity contribution in [3.05, 3.63) is 0 Å². The van der Waals surface area contributed by atoms with Gasteiger partial charge in [-0.15, -0.1) is 0 Å². The van der Waals surface area contributed by atoms with Gasteiger partial charge in [0, 0.05) is 25.2 Å². The predicted molar refractivity (Wildman–Crippen MR) is 61.6 cm³/mol. The summed E-state index contributed by atoms with van der Waals surface area (Å²) in [7, 11) is 0. The Kier molecular flexibility index (Phi) is 5.03. The molecule has 0 radical (unpaired) electrons. The van der Waals surface area contributed by atoms with Crippen LogP contribution in [0.5, 0.6) is 0 Å². The van der Waals surface area contributed by atoms with Crippen molar-refractivity contribution in [1.29, 1.82) is 0 Å². The second-order valence-electron chi connectivity index (χ2n) is 5.19. The van der Waals surface area contributed by atoms with Gasteiger partial charge in [-0.25, -0.2) is 0 Å². The van der Waals surface area contributed by atoms with Gasteiger partial charge in [0.15, 0.2) is 0 Å². The van der Waals surface area contributed by atoms with Crippen LogP contribution in [0.25, 0.3) is 0 Å². The molecule has 0 bridgehead atoms. The molecule has 2 unspecified atom stereocenters. The maximum atomic E-state index is 9.91. The molecule has 0 aliphatic heterocycles. The van der Waals surface area contributed by atoms with Crippen molar-refractivity contribution in [2.24, 2.45) is 17.1 Å². The van der Waals surface area contributed by atoms with E-state index in [9.17, 15) is 5.11 Å². The van der Waals surface area contributed by atoms with Gasteiger partial charge in [-0.05, 0) is 25.2 Å². The molecule has 0 saturated heterocycles. The second-order valence-corrected chi connectivity index (χ2v) is 5.19. The molecular formula is C12H25NO2. The highest BCUT2D eigenvalue weighted by Crippen LogP contribution is 2.40. The van der Waals surface area contributed by atoms with Gasteiger partial charge in [0.05, 0.1) is 6.10 Å². The van der Waals surface area contributed by atoms with Gasteiger partial charge in [0.1, 0.15) is 0 Å². The Balaban J connectivity index is 2.28. The molecule has 90 valence electrons. The Labute approximate surface area is 93.0 Å². The number of nitrogens with two attached hydrogens (primary N) is 1. The van der Waals surface area contributed by atoms with Gasteiger partial charge < -0.3 is 15.6 Å². The molecule has 0 aromatic heterocycles. The minimum Gasteiger partial charge on any atom is -0.392 e. The third-order valence-electron chi connectivity index (χ3n) is 3.46. The van der Waals surface area contributed by atoms with Crippen LogP contribution in [0.1, 0.15) is 39.5 Å². The van der Waals surface area contributed by atoms with Gasteiger partial charge in [-0.1, -0.05) is 20.3 Å². The number of hydrogen-bond acceptors (Lipinski definition) is 3. The van der Waals surface area contributed by atoms with Crippen molar-refractivity contribution >= 4 is 0 Å². The zero-order chi connectivity index (χ0) is 11.3. The van der Waals surface area contributed by atoms with Crippen molar-refractivity contribution in [2.45, 2.75) is 45.6 Å². The molecule has 1 fully saturated rings. The molecule has 0 aromatic carbocycles. The van der Waals surface area contributed by atoms with Crippen LogP contribution in [0.2, 0.25) is 0 Å². The van der Waals surface area contributed by atoms with E-state index in [1.165, 1.54) is 0 Å². The van der Waals surface area contributed by atoms with Gasteiger partial charge in [-0.2, -0.15) is 0 Å². The normalized spacial score (nSPS) is 31.4. The molecule has 1 aliphatic carbocycles. The summed E-state index contributed by atoms with van der Waals surface area (Å²) in [5, 5.41) is 9.91. The molecule has 3 heteroatoms. The van der Waals surface area contributed by atoms with E-state index in [1.807, 2.05) is 0 Å². The summed E-state index contributed by atoms with van der Waals surface area (Å²) in [6.07, 6.45) is 3.74. The number of aliphatic hydroxyl groups is 1. The summed E-state index contributed by atoms with van der Waals surface area (Å²) in [4.78, 5) is 0. The Morgan fingerprint density at radius 3 is 2.73 bits per heavy atom. The molecule has 15 heavy (non-hydrogen) atoms. The minimum atomic E-state index is -0.217. The summed E-state index contributed by atoms with van der Waals surface area (Å²) < 4.78 is 5.57. The number of ether oxygens (including phenoxy) is 1. The third-order valence-corrected chi connectivity index (χ3v) is 3.46. The van der Waals surface area contributed by atoms with Crippen LogP contribution in [0.4, 0.5) is 0 Å². The summed E-state index contributed by atoms with van der Waals surface area (Å²) in [5.74, 6) is 0.576. The van der Waals surface area contributed by atoms with Gasteiger partial charge >= 0.3 is 0 Å². The molecule has 0 heterocycles. The Morgan fingerprint density at radius 1 is 1.53 bits per heavy atom. The van der Waals surface area contributed by atoms with E-state index in [2.05, 4.69) is 13.8 Å². The fourth-order valence-corrected chi connectivity index (χ4v) is 2.35. The van der Waals surface area contributed by atoms with E-state index in [4.69, 9.17) is 10.5 Å². The minimum absolute atomic E-state index is 0.0586. The first-order valence-corrected chi connectivity index (χ1v) is 6.06. The largest absolute Gasteiger partial charge is 0.392 e. The van der Waals surface area contributed by atoms with Crippen molar-refractivity contribution < 1.29 is 9.84 Å². The zero-order valence-electron chi connectivity index (χ0n) is 10.0. The van der Waals surface area contributed by atoms with Crippen molar-refractivity contribution in [2.75, 3.05) is 19.8 Å². The van der Waals surface area contributed by atoms with Crippen molar-refractivity contribution in [1.82, 2.24) is 0 Å². The van der Waals surface area contributed by atoms with Gasteiger partial charge in [-0.3, -0.25) is 0 Å². The van der Waals surface area contributed by atoms with Crippen molar-refractivity contribution in [3.63, 3.8) is 0 Å². The SMILES string of the molecule is CC(C)COCCC1(CN)CCCC1O. The molecular weight excluding hydrogens is 190 g/mol. The number of rotatable bonds is 6. The predicted octanol–water partition coefficient (Wildman–Crippen LogP) is 1.54. The topological polar surface area (TPSA) is 55.5 Å². The maximum absolute atomic E-state index is 9.91. The second kappa shape index (κ2) is 5.83. The van der Waals surface area contributed by atoms with Crippen LogP contribution < -0.4 is 5.73 Å². The van der Waals surface area contributed by atoms with Gasteiger partial charge in [0.2, 0.25) is 0 Å². The van der Waals surface area contributed by atoms with Crippen LogP contribution in [0.15, 0.2) is 0 Å². The monoisotopic (exact) mass is 215 g/mol. The van der Waals surface area contributed by atoms with E-state index in [0.29, 0.717) is 12.5 Å². The summed E-state index contributed by atoms with van der Waals surface area (Å²) in [5.41, 5.74) is 5.73. The van der Waals surface area contributed by atoms with E-state index < -0.39 is 0 Å². The maximum Gasteiger partial charge on any atom is 0.0609 e. The third kappa shape index (κ3) is 3.44. The quantitative estimate of drug-likeness (QED) is 0.661. The van der Waals surface area contributed by atoms with Crippen molar-refractivity contribution in [3.8, 4) is 0 Å². The standard InChI is InChI=1S/C12H25NO2/c1-10(2)8-15-7-6-12(9-13)5-3-4-11(12)14/h10-11,14H,3-9,13H2,1-2H3. The lowest BCUT2D eigenvalue weighted by Crippen LogP contribution is -2.38. The molecule has 0 aromatic rings. The van der Waals surface area contributed by atoms with E-state index in [1.54, 1.807) is 0 Å². The average molecular weight is 215 g/mol. The van der Waals surface area contributed by atoms with E-state index in [0.717, 1.165) is 38.9 Å². The highest BCUT2D eigenvalue weighted by Gasteiger charge is 2.40. The van der Waals surface area contributed by atoms with Crippen LogP contribution in [0, 0.1) is 11.3 Å². The molecule has 2 atom stereocenters. The highest BCUT2D eigenvalue weighted by atomic mass is 16.5.